The molecule has 0 heterocycles. The van der Waals surface area contributed by atoms with Crippen molar-refractivity contribution in [3.63, 3.8) is 0 Å². The van der Waals surface area contributed by atoms with Crippen LogP contribution in [0.2, 0.25) is 0 Å². The van der Waals surface area contributed by atoms with Crippen LogP contribution >= 0.6 is 0 Å². The van der Waals surface area contributed by atoms with E-state index in [2.05, 4.69) is 24.5 Å². The minimum atomic E-state index is -0.783. The summed E-state index contributed by atoms with van der Waals surface area (Å²) in [6, 6.07) is 1.72. The molecule has 0 rings (SSSR count). The maximum absolute atomic E-state index is 11.1. The van der Waals surface area contributed by atoms with E-state index in [4.69, 9.17) is 10.00 Å². The molecule has 0 aromatic rings. The van der Waals surface area contributed by atoms with E-state index in [1.54, 1.807) is 6.07 Å². The number of hydrogen-bond acceptors (Lipinski definition) is 4. The van der Waals surface area contributed by atoms with Gasteiger partial charge in [0.05, 0.1) is 6.07 Å². The van der Waals surface area contributed by atoms with Crippen molar-refractivity contribution in [2.24, 2.45) is 5.92 Å². The highest BCUT2D eigenvalue weighted by atomic mass is 16.5. The fraction of sp³-hybridized carbons (Fsp3) is 0.727. The van der Waals surface area contributed by atoms with Gasteiger partial charge in [-0.3, -0.25) is 9.59 Å². The topological polar surface area (TPSA) is 91.2 Å². The Labute approximate surface area is 101 Å². The van der Waals surface area contributed by atoms with Crippen LogP contribution in [0.4, 0.5) is 0 Å². The van der Waals surface area contributed by atoms with E-state index in [0.29, 0.717) is 32.1 Å². The van der Waals surface area contributed by atoms with Gasteiger partial charge in [0.2, 0.25) is 0 Å². The molecule has 2 N–H and O–H groups in total. The Hall–Kier alpha value is -1.61. The molecular weight excluding hydrogens is 222 g/mol. The zero-order chi connectivity index (χ0) is 13.1. The van der Waals surface area contributed by atoms with Gasteiger partial charge in [0, 0.05) is 19.8 Å². The number of hydrogen-bond donors (Lipinski definition) is 2. The Kier molecular flexibility index (Phi) is 8.69. The SMILES string of the molecule is CC(C)COCCCNC(=O)C(=O)NCC#N. The lowest BCUT2D eigenvalue weighted by Gasteiger charge is -2.07. The number of nitrogens with zero attached hydrogens (tertiary/aromatic N) is 1. The zero-order valence-electron chi connectivity index (χ0n) is 10.3. The second kappa shape index (κ2) is 9.60. The summed E-state index contributed by atoms with van der Waals surface area (Å²) in [6.45, 7) is 5.58. The van der Waals surface area contributed by atoms with Crippen LogP contribution in [0, 0.1) is 17.2 Å². The maximum Gasteiger partial charge on any atom is 0.310 e. The van der Waals surface area contributed by atoms with Crippen LogP contribution in [-0.4, -0.2) is 38.1 Å². The first-order valence-corrected chi connectivity index (χ1v) is 5.58. The number of nitriles is 1. The van der Waals surface area contributed by atoms with E-state index in [9.17, 15) is 9.59 Å². The summed E-state index contributed by atoms with van der Waals surface area (Å²) in [5.41, 5.74) is 0. The summed E-state index contributed by atoms with van der Waals surface area (Å²) >= 11 is 0. The Morgan fingerprint density at radius 3 is 2.53 bits per heavy atom. The summed E-state index contributed by atoms with van der Waals surface area (Å²) in [7, 11) is 0. The van der Waals surface area contributed by atoms with Gasteiger partial charge in [-0.2, -0.15) is 5.26 Å². The van der Waals surface area contributed by atoms with Gasteiger partial charge in [0.15, 0.2) is 0 Å². The third-order valence-electron chi connectivity index (χ3n) is 1.74. The van der Waals surface area contributed by atoms with Crippen molar-refractivity contribution < 1.29 is 14.3 Å². The number of carbonyl (C=O) groups excluding carboxylic acids is 2. The van der Waals surface area contributed by atoms with Gasteiger partial charge in [0.25, 0.3) is 0 Å². The van der Waals surface area contributed by atoms with Crippen LogP contribution in [0.1, 0.15) is 20.3 Å². The van der Waals surface area contributed by atoms with E-state index in [-0.39, 0.29) is 6.54 Å². The lowest BCUT2D eigenvalue weighted by molar-refractivity contribution is -0.139. The van der Waals surface area contributed by atoms with Crippen molar-refractivity contribution >= 4 is 11.8 Å². The molecule has 0 spiro atoms. The third-order valence-corrected chi connectivity index (χ3v) is 1.74. The van der Waals surface area contributed by atoms with Crippen molar-refractivity contribution in [2.45, 2.75) is 20.3 Å². The Balaban J connectivity index is 3.45. The molecule has 0 fully saturated rings. The highest BCUT2D eigenvalue weighted by Gasteiger charge is 2.11. The van der Waals surface area contributed by atoms with Crippen molar-refractivity contribution in [2.75, 3.05) is 26.3 Å². The fourth-order valence-electron chi connectivity index (χ4n) is 0.976. The molecule has 0 aromatic carbocycles. The minimum Gasteiger partial charge on any atom is -0.381 e. The van der Waals surface area contributed by atoms with E-state index < -0.39 is 11.8 Å². The first kappa shape index (κ1) is 15.4. The Morgan fingerprint density at radius 2 is 1.94 bits per heavy atom. The summed E-state index contributed by atoms with van der Waals surface area (Å²) in [4.78, 5) is 22.1. The van der Waals surface area contributed by atoms with Crippen molar-refractivity contribution in [1.82, 2.24) is 10.6 Å². The molecule has 6 nitrogen and oxygen atoms in total. The van der Waals surface area contributed by atoms with Gasteiger partial charge in [-0.25, -0.2) is 0 Å². The molecule has 0 aliphatic rings. The molecule has 0 aliphatic heterocycles. The molecule has 0 saturated heterocycles. The van der Waals surface area contributed by atoms with Crippen LogP contribution in [0.25, 0.3) is 0 Å². The van der Waals surface area contributed by atoms with Gasteiger partial charge < -0.3 is 15.4 Å². The third kappa shape index (κ3) is 9.33. The van der Waals surface area contributed by atoms with Crippen LogP contribution < -0.4 is 10.6 Å². The average Bonchev–Trinajstić information content (AvgIpc) is 2.29. The fourth-order valence-corrected chi connectivity index (χ4v) is 0.976. The summed E-state index contributed by atoms with van der Waals surface area (Å²) in [5, 5.41) is 12.8. The van der Waals surface area contributed by atoms with Crippen LogP contribution in [0.3, 0.4) is 0 Å². The highest BCUT2D eigenvalue weighted by Crippen LogP contribution is 1.92. The standard InChI is InChI=1S/C11H19N3O3/c1-9(2)8-17-7-3-5-13-10(15)11(16)14-6-4-12/h9H,3,5-8H2,1-2H3,(H,13,15)(H,14,16). The van der Waals surface area contributed by atoms with Crippen molar-refractivity contribution in [1.29, 1.82) is 5.26 Å². The van der Waals surface area contributed by atoms with Crippen molar-refractivity contribution in [3.8, 4) is 6.07 Å². The molecule has 0 radical (unpaired) electrons. The van der Waals surface area contributed by atoms with Gasteiger partial charge in [-0.05, 0) is 12.3 Å². The number of amides is 2. The molecule has 0 aromatic heterocycles. The normalized spacial score (nSPS) is 9.76. The van der Waals surface area contributed by atoms with Gasteiger partial charge in [-0.15, -0.1) is 0 Å². The molecule has 0 saturated carbocycles. The second-order valence-corrected chi connectivity index (χ2v) is 3.92. The molecule has 0 aliphatic carbocycles. The molecule has 96 valence electrons. The summed E-state index contributed by atoms with van der Waals surface area (Å²) in [5.74, 6) is -1.01. The first-order valence-electron chi connectivity index (χ1n) is 5.58. The van der Waals surface area contributed by atoms with Crippen LogP contribution in [0.5, 0.6) is 0 Å². The van der Waals surface area contributed by atoms with E-state index >= 15 is 0 Å². The molecule has 2 amide bonds. The smallest absolute Gasteiger partial charge is 0.310 e. The number of carbonyl (C=O) groups is 2. The predicted octanol–water partition coefficient (Wildman–Crippen LogP) is -0.195. The highest BCUT2D eigenvalue weighted by molar-refractivity contribution is 6.35. The molecule has 0 bridgehead atoms. The van der Waals surface area contributed by atoms with E-state index in [1.807, 2.05) is 0 Å². The average molecular weight is 241 g/mol. The molecule has 6 heteroatoms. The van der Waals surface area contributed by atoms with Crippen LogP contribution in [0.15, 0.2) is 0 Å². The minimum absolute atomic E-state index is 0.163. The van der Waals surface area contributed by atoms with E-state index in [0.717, 1.165) is 0 Å². The monoisotopic (exact) mass is 241 g/mol. The maximum atomic E-state index is 11.1. The predicted molar refractivity (Wildman–Crippen MR) is 61.9 cm³/mol. The Bertz CT molecular complexity index is 284. The largest absolute Gasteiger partial charge is 0.381 e. The number of ether oxygens (including phenoxy) is 1. The second-order valence-electron chi connectivity index (χ2n) is 3.92. The molecule has 0 unspecified atom stereocenters. The van der Waals surface area contributed by atoms with Gasteiger partial charge >= 0.3 is 11.8 Å². The molecular formula is C11H19N3O3. The van der Waals surface area contributed by atoms with Crippen LogP contribution in [-0.2, 0) is 14.3 Å². The number of nitrogens with one attached hydrogen (secondary N) is 2. The lowest BCUT2D eigenvalue weighted by atomic mass is 10.2. The molecule has 0 atom stereocenters. The Morgan fingerprint density at radius 1 is 1.29 bits per heavy atom. The first-order chi connectivity index (χ1) is 8.07. The van der Waals surface area contributed by atoms with Crippen molar-refractivity contribution in [3.05, 3.63) is 0 Å². The molecule has 17 heavy (non-hydrogen) atoms. The lowest BCUT2D eigenvalue weighted by Crippen LogP contribution is -2.40. The quantitative estimate of drug-likeness (QED) is 0.367. The summed E-state index contributed by atoms with van der Waals surface area (Å²) in [6.07, 6.45) is 0.657. The number of rotatable bonds is 7. The van der Waals surface area contributed by atoms with Gasteiger partial charge in [0.1, 0.15) is 6.54 Å². The summed E-state index contributed by atoms with van der Waals surface area (Å²) < 4.78 is 5.31. The van der Waals surface area contributed by atoms with E-state index in [1.165, 1.54) is 0 Å². The zero-order valence-corrected chi connectivity index (χ0v) is 10.3. The van der Waals surface area contributed by atoms with Gasteiger partial charge in [-0.1, -0.05) is 13.8 Å².